The summed E-state index contributed by atoms with van der Waals surface area (Å²) < 4.78 is 31.9. The molecule has 1 unspecified atom stereocenters. The van der Waals surface area contributed by atoms with Crippen LogP contribution in [0.3, 0.4) is 0 Å². The van der Waals surface area contributed by atoms with Crippen LogP contribution in [-0.2, 0) is 20.7 Å². The molecule has 1 saturated heterocycles. The molecule has 1 aromatic rings. The minimum atomic E-state index is -1.01. The molecule has 1 heterocycles. The van der Waals surface area contributed by atoms with E-state index in [1.807, 2.05) is 0 Å². The van der Waals surface area contributed by atoms with Crippen LogP contribution in [0.2, 0.25) is 0 Å². The van der Waals surface area contributed by atoms with Crippen molar-refractivity contribution in [2.24, 2.45) is 0 Å². The standard InChI is InChI=1S/C15H17F2NO4/c16-12-3-1-2-10(15(12)17)4-5-13(19)18-6-7-22-9-11(18)8-14(20)21/h1-3,11H,4-9H2,(H,20,21). The normalized spacial score (nSPS) is 18.3. The fraction of sp³-hybridized carbons (Fsp3) is 0.467. The summed E-state index contributed by atoms with van der Waals surface area (Å²) >= 11 is 0. The molecule has 0 aromatic heterocycles. The van der Waals surface area contributed by atoms with Crippen molar-refractivity contribution in [2.75, 3.05) is 19.8 Å². The van der Waals surface area contributed by atoms with E-state index in [0.29, 0.717) is 13.2 Å². The molecule has 1 aliphatic rings. The van der Waals surface area contributed by atoms with Crippen molar-refractivity contribution in [1.29, 1.82) is 0 Å². The van der Waals surface area contributed by atoms with E-state index in [1.54, 1.807) is 0 Å². The number of carbonyl (C=O) groups excluding carboxylic acids is 1. The second-order valence-corrected chi connectivity index (χ2v) is 5.13. The lowest BCUT2D eigenvalue weighted by atomic mass is 10.1. The van der Waals surface area contributed by atoms with E-state index >= 15 is 0 Å². The van der Waals surface area contributed by atoms with Gasteiger partial charge in [0.1, 0.15) is 0 Å². The second kappa shape index (κ2) is 7.31. The Bertz CT molecular complexity index is 564. The Labute approximate surface area is 126 Å². The molecule has 0 aliphatic carbocycles. The number of benzene rings is 1. The van der Waals surface area contributed by atoms with Crippen LogP contribution in [0, 0.1) is 11.6 Å². The van der Waals surface area contributed by atoms with Crippen LogP contribution in [0.25, 0.3) is 0 Å². The average molecular weight is 313 g/mol. The van der Waals surface area contributed by atoms with E-state index in [4.69, 9.17) is 9.84 Å². The summed E-state index contributed by atoms with van der Waals surface area (Å²) in [6.07, 6.45) is -0.129. The number of morpholine rings is 1. The van der Waals surface area contributed by atoms with Crippen LogP contribution in [0.15, 0.2) is 18.2 Å². The Kier molecular flexibility index (Phi) is 5.43. The van der Waals surface area contributed by atoms with Crippen molar-refractivity contribution >= 4 is 11.9 Å². The van der Waals surface area contributed by atoms with Crippen LogP contribution in [0.4, 0.5) is 8.78 Å². The molecule has 0 bridgehead atoms. The zero-order valence-corrected chi connectivity index (χ0v) is 11.9. The number of ether oxygens (including phenoxy) is 1. The Morgan fingerprint density at radius 2 is 2.14 bits per heavy atom. The number of carboxylic acids is 1. The Balaban J connectivity index is 1.98. The topological polar surface area (TPSA) is 66.8 Å². The van der Waals surface area contributed by atoms with Gasteiger partial charge in [-0.1, -0.05) is 12.1 Å². The maximum Gasteiger partial charge on any atom is 0.305 e. The lowest BCUT2D eigenvalue weighted by Gasteiger charge is -2.35. The fourth-order valence-electron chi connectivity index (χ4n) is 2.48. The number of aryl methyl sites for hydroxylation is 1. The molecule has 0 saturated carbocycles. The van der Waals surface area contributed by atoms with Crippen molar-refractivity contribution in [3.63, 3.8) is 0 Å². The molecule has 22 heavy (non-hydrogen) atoms. The first-order chi connectivity index (χ1) is 10.5. The molecular formula is C15H17F2NO4. The highest BCUT2D eigenvalue weighted by Gasteiger charge is 2.28. The maximum absolute atomic E-state index is 13.5. The maximum atomic E-state index is 13.5. The van der Waals surface area contributed by atoms with Crippen LogP contribution in [-0.4, -0.2) is 47.7 Å². The molecule has 1 atom stereocenters. The molecule has 1 fully saturated rings. The predicted octanol–water partition coefficient (Wildman–Crippen LogP) is 1.60. The number of nitrogens with zero attached hydrogens (tertiary/aromatic N) is 1. The average Bonchev–Trinajstić information content (AvgIpc) is 2.48. The van der Waals surface area contributed by atoms with Crippen molar-refractivity contribution in [2.45, 2.75) is 25.3 Å². The molecule has 0 radical (unpaired) electrons. The summed E-state index contributed by atoms with van der Waals surface area (Å²) in [6.45, 7) is 0.824. The first-order valence-electron chi connectivity index (χ1n) is 7.01. The van der Waals surface area contributed by atoms with Gasteiger partial charge in [-0.2, -0.15) is 0 Å². The van der Waals surface area contributed by atoms with Gasteiger partial charge in [0.2, 0.25) is 5.91 Å². The number of carboxylic acid groups (broad SMARTS) is 1. The number of halogens is 2. The second-order valence-electron chi connectivity index (χ2n) is 5.13. The van der Waals surface area contributed by atoms with E-state index in [1.165, 1.54) is 17.0 Å². The number of hydrogen-bond acceptors (Lipinski definition) is 3. The molecule has 7 heteroatoms. The third-order valence-corrected chi connectivity index (χ3v) is 3.60. The van der Waals surface area contributed by atoms with Crippen molar-refractivity contribution < 1.29 is 28.2 Å². The van der Waals surface area contributed by atoms with Gasteiger partial charge in [0.05, 0.1) is 25.7 Å². The van der Waals surface area contributed by atoms with Crippen molar-refractivity contribution in [3.8, 4) is 0 Å². The van der Waals surface area contributed by atoms with Crippen molar-refractivity contribution in [1.82, 2.24) is 4.90 Å². The lowest BCUT2D eigenvalue weighted by Crippen LogP contribution is -2.49. The van der Waals surface area contributed by atoms with Gasteiger partial charge in [0.15, 0.2) is 11.6 Å². The summed E-state index contributed by atoms with van der Waals surface area (Å²) in [6, 6.07) is 3.32. The van der Waals surface area contributed by atoms with E-state index in [2.05, 4.69) is 0 Å². The summed E-state index contributed by atoms with van der Waals surface area (Å²) in [5.74, 6) is -3.18. The molecule has 5 nitrogen and oxygen atoms in total. The van der Waals surface area contributed by atoms with Crippen LogP contribution < -0.4 is 0 Å². The minimum absolute atomic E-state index is 0.00348. The number of amides is 1. The summed E-state index contributed by atoms with van der Waals surface area (Å²) in [5.41, 5.74) is 0.136. The van der Waals surface area contributed by atoms with E-state index in [0.717, 1.165) is 6.07 Å². The lowest BCUT2D eigenvalue weighted by molar-refractivity contribution is -0.146. The summed E-state index contributed by atoms with van der Waals surface area (Å²) in [4.78, 5) is 24.5. The molecule has 1 N–H and O–H groups in total. The highest BCUT2D eigenvalue weighted by molar-refractivity contribution is 5.78. The van der Waals surface area contributed by atoms with Crippen molar-refractivity contribution in [3.05, 3.63) is 35.4 Å². The Hall–Kier alpha value is -2.02. The molecule has 1 amide bonds. The highest BCUT2D eigenvalue weighted by atomic mass is 19.2. The van der Waals surface area contributed by atoms with Gasteiger partial charge in [0.25, 0.3) is 0 Å². The van der Waals surface area contributed by atoms with Gasteiger partial charge in [-0.15, -0.1) is 0 Å². The monoisotopic (exact) mass is 313 g/mol. The number of aliphatic carboxylic acids is 1. The molecular weight excluding hydrogens is 296 g/mol. The van der Waals surface area contributed by atoms with Gasteiger partial charge in [0, 0.05) is 13.0 Å². The molecule has 1 aliphatic heterocycles. The van der Waals surface area contributed by atoms with Gasteiger partial charge < -0.3 is 14.7 Å². The molecule has 2 rings (SSSR count). The number of carbonyl (C=O) groups is 2. The van der Waals surface area contributed by atoms with Gasteiger partial charge in [-0.25, -0.2) is 8.78 Å². The Morgan fingerprint density at radius 1 is 1.36 bits per heavy atom. The van der Waals surface area contributed by atoms with Crippen LogP contribution >= 0.6 is 0 Å². The van der Waals surface area contributed by atoms with Crippen LogP contribution in [0.5, 0.6) is 0 Å². The van der Waals surface area contributed by atoms with Gasteiger partial charge >= 0.3 is 5.97 Å². The van der Waals surface area contributed by atoms with Gasteiger partial charge in [-0.05, 0) is 18.1 Å². The molecule has 120 valence electrons. The summed E-state index contributed by atoms with van der Waals surface area (Å²) in [5, 5.41) is 8.86. The smallest absolute Gasteiger partial charge is 0.305 e. The van der Waals surface area contributed by atoms with Crippen LogP contribution in [0.1, 0.15) is 18.4 Å². The Morgan fingerprint density at radius 3 is 2.86 bits per heavy atom. The zero-order valence-electron chi connectivity index (χ0n) is 11.9. The number of rotatable bonds is 5. The number of hydrogen-bond donors (Lipinski definition) is 1. The van der Waals surface area contributed by atoms with Gasteiger partial charge in [-0.3, -0.25) is 9.59 Å². The van der Waals surface area contributed by atoms with E-state index in [-0.39, 0.29) is 37.3 Å². The third-order valence-electron chi connectivity index (χ3n) is 3.60. The van der Waals surface area contributed by atoms with E-state index in [9.17, 15) is 18.4 Å². The largest absolute Gasteiger partial charge is 0.481 e. The summed E-state index contributed by atoms with van der Waals surface area (Å²) in [7, 11) is 0. The molecule has 0 spiro atoms. The first kappa shape index (κ1) is 16.4. The first-order valence-corrected chi connectivity index (χ1v) is 7.01. The minimum Gasteiger partial charge on any atom is -0.481 e. The SMILES string of the molecule is O=C(O)CC1COCCN1C(=O)CCc1cccc(F)c1F. The van der Waals surface area contributed by atoms with E-state index < -0.39 is 23.6 Å². The molecule has 1 aromatic carbocycles. The third kappa shape index (κ3) is 4.00. The fourth-order valence-corrected chi connectivity index (χ4v) is 2.48. The zero-order chi connectivity index (χ0) is 16.1. The predicted molar refractivity (Wildman–Crippen MR) is 73.3 cm³/mol. The quantitative estimate of drug-likeness (QED) is 0.896. The highest BCUT2D eigenvalue weighted by Crippen LogP contribution is 2.16.